The van der Waals surface area contributed by atoms with Gasteiger partial charge in [-0.25, -0.2) is 13.1 Å². The number of rotatable bonds is 8. The van der Waals surface area contributed by atoms with E-state index in [-0.39, 0.29) is 23.8 Å². The van der Waals surface area contributed by atoms with E-state index in [1.807, 2.05) is 36.4 Å². The smallest absolute Gasteiger partial charge is 0.241 e. The standard InChI is InChI=1S/C21H21BrN2O4S/c1-28-18-9-8-16-12-15(6-7-17(16)13-18)14-23-21(25)10-11-24-29(26,27)20-5-3-2-4-19(20)22/h2-9,12-13,24H,10-11,14H2,1H3,(H,23,25). The summed E-state index contributed by atoms with van der Waals surface area (Å²) in [7, 11) is -2.04. The van der Waals surface area contributed by atoms with Crippen molar-refractivity contribution in [3.63, 3.8) is 0 Å². The molecule has 152 valence electrons. The minimum Gasteiger partial charge on any atom is -0.497 e. The second-order valence-electron chi connectivity index (χ2n) is 6.40. The summed E-state index contributed by atoms with van der Waals surface area (Å²) in [6.45, 7) is 0.394. The van der Waals surface area contributed by atoms with Crippen LogP contribution in [0.2, 0.25) is 0 Å². The Hall–Kier alpha value is -2.42. The van der Waals surface area contributed by atoms with E-state index in [0.29, 0.717) is 11.0 Å². The predicted molar refractivity (Wildman–Crippen MR) is 116 cm³/mol. The molecule has 0 aliphatic rings. The maximum absolute atomic E-state index is 12.3. The summed E-state index contributed by atoms with van der Waals surface area (Å²) in [5, 5.41) is 4.93. The fraction of sp³-hybridized carbons (Fsp3) is 0.190. The molecule has 3 aromatic carbocycles. The van der Waals surface area contributed by atoms with Crippen LogP contribution in [-0.4, -0.2) is 28.0 Å². The zero-order valence-electron chi connectivity index (χ0n) is 15.8. The molecule has 8 heteroatoms. The van der Waals surface area contributed by atoms with Gasteiger partial charge in [-0.15, -0.1) is 0 Å². The molecule has 0 fully saturated rings. The first-order valence-corrected chi connectivity index (χ1v) is 11.2. The second-order valence-corrected chi connectivity index (χ2v) is 8.99. The molecule has 3 aromatic rings. The summed E-state index contributed by atoms with van der Waals surface area (Å²) in [6, 6.07) is 18.3. The molecule has 29 heavy (non-hydrogen) atoms. The predicted octanol–water partition coefficient (Wildman–Crippen LogP) is 3.60. The number of hydrogen-bond donors (Lipinski definition) is 2. The van der Waals surface area contributed by atoms with E-state index in [2.05, 4.69) is 26.0 Å². The van der Waals surface area contributed by atoms with Gasteiger partial charge in [-0.1, -0.05) is 30.3 Å². The highest BCUT2D eigenvalue weighted by Gasteiger charge is 2.16. The molecule has 0 saturated heterocycles. The average molecular weight is 477 g/mol. The second kappa shape index (κ2) is 9.39. The van der Waals surface area contributed by atoms with Gasteiger partial charge in [-0.05, 0) is 62.6 Å². The van der Waals surface area contributed by atoms with Crippen LogP contribution in [0.5, 0.6) is 5.75 Å². The van der Waals surface area contributed by atoms with Crippen molar-refractivity contribution in [2.24, 2.45) is 0 Å². The van der Waals surface area contributed by atoms with Gasteiger partial charge in [-0.3, -0.25) is 4.79 Å². The van der Waals surface area contributed by atoms with Gasteiger partial charge in [0, 0.05) is 24.0 Å². The highest BCUT2D eigenvalue weighted by Crippen LogP contribution is 2.22. The lowest BCUT2D eigenvalue weighted by Crippen LogP contribution is -2.30. The quantitative estimate of drug-likeness (QED) is 0.520. The van der Waals surface area contributed by atoms with Crippen LogP contribution in [0.15, 0.2) is 70.0 Å². The van der Waals surface area contributed by atoms with Crippen molar-refractivity contribution in [1.29, 1.82) is 0 Å². The molecule has 0 atom stereocenters. The van der Waals surface area contributed by atoms with E-state index in [4.69, 9.17) is 4.74 Å². The minimum atomic E-state index is -3.67. The molecule has 0 saturated carbocycles. The summed E-state index contributed by atoms with van der Waals surface area (Å²) in [4.78, 5) is 12.2. The van der Waals surface area contributed by atoms with E-state index >= 15 is 0 Å². The van der Waals surface area contributed by atoms with Crippen molar-refractivity contribution in [3.05, 3.63) is 70.7 Å². The number of carbonyl (C=O) groups excluding carboxylic acids is 1. The Labute approximate surface area is 178 Å². The fourth-order valence-corrected chi connectivity index (χ4v) is 4.87. The number of halogens is 1. The Kier molecular flexibility index (Phi) is 6.89. The van der Waals surface area contributed by atoms with Crippen LogP contribution in [0.4, 0.5) is 0 Å². The van der Waals surface area contributed by atoms with Crippen molar-refractivity contribution < 1.29 is 17.9 Å². The van der Waals surface area contributed by atoms with Crippen molar-refractivity contribution in [1.82, 2.24) is 10.0 Å². The molecular weight excluding hydrogens is 456 g/mol. The summed E-state index contributed by atoms with van der Waals surface area (Å²) >= 11 is 3.22. The van der Waals surface area contributed by atoms with Gasteiger partial charge < -0.3 is 10.1 Å². The lowest BCUT2D eigenvalue weighted by atomic mass is 10.1. The fourth-order valence-electron chi connectivity index (χ4n) is 2.84. The molecule has 0 unspecified atom stereocenters. The highest BCUT2D eigenvalue weighted by molar-refractivity contribution is 9.10. The first-order valence-electron chi connectivity index (χ1n) is 8.96. The molecule has 1 amide bonds. The zero-order valence-corrected chi connectivity index (χ0v) is 18.2. The third kappa shape index (κ3) is 5.56. The molecular formula is C21H21BrN2O4S. The van der Waals surface area contributed by atoms with Gasteiger partial charge >= 0.3 is 0 Å². The van der Waals surface area contributed by atoms with Gasteiger partial charge in [0.15, 0.2) is 0 Å². The number of ether oxygens (including phenoxy) is 1. The molecule has 0 aliphatic carbocycles. The molecule has 0 aliphatic heterocycles. The molecule has 6 nitrogen and oxygen atoms in total. The first-order chi connectivity index (χ1) is 13.9. The van der Waals surface area contributed by atoms with E-state index in [1.165, 1.54) is 6.07 Å². The van der Waals surface area contributed by atoms with Crippen LogP contribution in [0.3, 0.4) is 0 Å². The number of methoxy groups -OCH3 is 1. The Bertz CT molecular complexity index is 1130. The number of hydrogen-bond acceptors (Lipinski definition) is 4. The number of carbonyl (C=O) groups is 1. The van der Waals surface area contributed by atoms with E-state index in [1.54, 1.807) is 25.3 Å². The molecule has 0 radical (unpaired) electrons. The number of amides is 1. The van der Waals surface area contributed by atoms with Crippen LogP contribution in [0.1, 0.15) is 12.0 Å². The minimum absolute atomic E-state index is 0.0208. The van der Waals surface area contributed by atoms with Crippen LogP contribution >= 0.6 is 15.9 Å². The number of fused-ring (bicyclic) bond motifs is 1. The monoisotopic (exact) mass is 476 g/mol. The molecule has 2 N–H and O–H groups in total. The topological polar surface area (TPSA) is 84.5 Å². The van der Waals surface area contributed by atoms with Crippen LogP contribution in [-0.2, 0) is 21.4 Å². The van der Waals surface area contributed by atoms with E-state index in [0.717, 1.165) is 22.1 Å². The molecule has 0 heterocycles. The van der Waals surface area contributed by atoms with Gasteiger partial charge in [0.25, 0.3) is 0 Å². The first kappa shape index (κ1) is 21.3. The Morgan fingerprint density at radius 2 is 1.76 bits per heavy atom. The van der Waals surface area contributed by atoms with E-state index < -0.39 is 10.0 Å². The van der Waals surface area contributed by atoms with Crippen LogP contribution in [0.25, 0.3) is 10.8 Å². The normalized spacial score (nSPS) is 11.4. The van der Waals surface area contributed by atoms with Crippen LogP contribution < -0.4 is 14.8 Å². The molecule has 0 spiro atoms. The third-order valence-electron chi connectivity index (χ3n) is 4.37. The largest absolute Gasteiger partial charge is 0.497 e. The Morgan fingerprint density at radius 1 is 1.03 bits per heavy atom. The van der Waals surface area contributed by atoms with Crippen molar-refractivity contribution in [3.8, 4) is 5.75 Å². The molecule has 3 rings (SSSR count). The third-order valence-corrected chi connectivity index (χ3v) is 6.84. The van der Waals surface area contributed by atoms with Gasteiger partial charge in [0.2, 0.25) is 15.9 Å². The van der Waals surface area contributed by atoms with Crippen molar-refractivity contribution >= 4 is 42.6 Å². The summed E-state index contributed by atoms with van der Waals surface area (Å²) in [5.41, 5.74) is 0.963. The SMILES string of the molecule is COc1ccc2cc(CNC(=O)CCNS(=O)(=O)c3ccccc3Br)ccc2c1. The summed E-state index contributed by atoms with van der Waals surface area (Å²) in [6.07, 6.45) is 0.0501. The van der Waals surface area contributed by atoms with Crippen LogP contribution in [0, 0.1) is 0 Å². The Morgan fingerprint density at radius 3 is 2.52 bits per heavy atom. The average Bonchev–Trinajstić information content (AvgIpc) is 2.71. The summed E-state index contributed by atoms with van der Waals surface area (Å²) < 4.78 is 32.8. The molecule has 0 bridgehead atoms. The zero-order chi connectivity index (χ0) is 20.9. The maximum atomic E-state index is 12.3. The molecule has 0 aromatic heterocycles. The van der Waals surface area contributed by atoms with Crippen molar-refractivity contribution in [2.75, 3.05) is 13.7 Å². The highest BCUT2D eigenvalue weighted by atomic mass is 79.9. The van der Waals surface area contributed by atoms with Gasteiger partial charge in [-0.2, -0.15) is 0 Å². The van der Waals surface area contributed by atoms with Crippen molar-refractivity contribution in [2.45, 2.75) is 17.9 Å². The van der Waals surface area contributed by atoms with E-state index in [9.17, 15) is 13.2 Å². The number of benzene rings is 3. The number of nitrogens with one attached hydrogen (secondary N) is 2. The Balaban J connectivity index is 1.51. The maximum Gasteiger partial charge on any atom is 0.241 e. The van der Waals surface area contributed by atoms with Gasteiger partial charge in [0.05, 0.1) is 12.0 Å². The van der Waals surface area contributed by atoms with Gasteiger partial charge in [0.1, 0.15) is 5.75 Å². The lowest BCUT2D eigenvalue weighted by molar-refractivity contribution is -0.121. The number of sulfonamides is 1. The summed E-state index contributed by atoms with van der Waals surface area (Å²) in [5.74, 6) is 0.568. The lowest BCUT2D eigenvalue weighted by Gasteiger charge is -2.09.